The van der Waals surface area contributed by atoms with Crippen molar-refractivity contribution in [1.29, 1.82) is 0 Å². The quantitative estimate of drug-likeness (QED) is 0.723. The van der Waals surface area contributed by atoms with Gasteiger partial charge >= 0.3 is 5.69 Å². The minimum Gasteiger partial charge on any atom is -0.393 e. The van der Waals surface area contributed by atoms with E-state index in [1.54, 1.807) is 26.0 Å². The summed E-state index contributed by atoms with van der Waals surface area (Å²) in [5.41, 5.74) is 2.65. The normalized spacial score (nSPS) is 20.0. The lowest BCUT2D eigenvalue weighted by atomic mass is 9.75. The van der Waals surface area contributed by atoms with Crippen LogP contribution in [0.5, 0.6) is 0 Å². The Morgan fingerprint density at radius 3 is 2.59 bits per heavy atom. The van der Waals surface area contributed by atoms with Gasteiger partial charge in [-0.25, -0.2) is 9.18 Å². The summed E-state index contributed by atoms with van der Waals surface area (Å²) < 4.78 is 13.2. The second-order valence-electron chi connectivity index (χ2n) is 7.21. The fourth-order valence-electron chi connectivity index (χ4n) is 3.65. The van der Waals surface area contributed by atoms with Crippen molar-refractivity contribution < 1.29 is 14.3 Å². The standard InChI is InChI=1S/C20H24FN3O3/c1-11-17(12(2)23-20(27)22-11)7-8-18(26)24-19(14-9-16(25)10-14)13-3-5-15(21)6-4-13/h3-6,14,16,19,25H,7-10H2,1-2H3,(H,24,26)(H,22,23,27)/t14?,16?,19-/m0/s1. The first-order chi connectivity index (χ1) is 12.8. The minimum absolute atomic E-state index is 0.129. The van der Waals surface area contributed by atoms with Crippen LogP contribution in [0.3, 0.4) is 0 Å². The predicted octanol–water partition coefficient (Wildman–Crippen LogP) is 2.09. The molecule has 1 aromatic heterocycles. The maximum absolute atomic E-state index is 13.2. The molecule has 1 saturated carbocycles. The van der Waals surface area contributed by atoms with Gasteiger partial charge in [-0.1, -0.05) is 12.1 Å². The molecule has 0 radical (unpaired) electrons. The lowest BCUT2D eigenvalue weighted by Crippen LogP contribution is -2.41. The van der Waals surface area contributed by atoms with Gasteiger partial charge in [0.05, 0.1) is 12.1 Å². The number of H-pyrrole nitrogens is 1. The summed E-state index contributed by atoms with van der Waals surface area (Å²) in [6.07, 6.45) is 1.61. The Kier molecular flexibility index (Phi) is 5.70. The van der Waals surface area contributed by atoms with E-state index in [-0.39, 0.29) is 36.2 Å². The van der Waals surface area contributed by atoms with E-state index in [1.807, 2.05) is 0 Å². The maximum atomic E-state index is 13.2. The van der Waals surface area contributed by atoms with Crippen LogP contribution in [0.4, 0.5) is 4.39 Å². The first-order valence-electron chi connectivity index (χ1n) is 9.12. The van der Waals surface area contributed by atoms with E-state index >= 15 is 0 Å². The number of nitrogens with zero attached hydrogens (tertiary/aromatic N) is 1. The predicted molar refractivity (Wildman–Crippen MR) is 98.7 cm³/mol. The molecule has 3 rings (SSSR count). The molecule has 1 aliphatic rings. The smallest absolute Gasteiger partial charge is 0.345 e. The van der Waals surface area contributed by atoms with E-state index in [2.05, 4.69) is 15.3 Å². The summed E-state index contributed by atoms with van der Waals surface area (Å²) in [5, 5.41) is 12.7. The van der Waals surface area contributed by atoms with Gasteiger partial charge in [0.1, 0.15) is 5.82 Å². The molecule has 0 unspecified atom stereocenters. The second kappa shape index (κ2) is 8.00. The second-order valence-corrected chi connectivity index (χ2v) is 7.21. The molecule has 6 nitrogen and oxygen atoms in total. The lowest BCUT2D eigenvalue weighted by molar-refractivity contribution is -0.123. The lowest BCUT2D eigenvalue weighted by Gasteiger charge is -2.38. The number of benzene rings is 1. The van der Waals surface area contributed by atoms with Crippen molar-refractivity contribution in [2.75, 3.05) is 0 Å². The van der Waals surface area contributed by atoms with E-state index in [1.165, 1.54) is 12.1 Å². The molecule has 7 heteroatoms. The minimum atomic E-state index is -0.391. The van der Waals surface area contributed by atoms with Crippen molar-refractivity contribution in [3.05, 3.63) is 63.1 Å². The Morgan fingerprint density at radius 1 is 1.33 bits per heavy atom. The van der Waals surface area contributed by atoms with Crippen LogP contribution >= 0.6 is 0 Å². The number of aliphatic hydroxyl groups is 1. The van der Waals surface area contributed by atoms with Gasteiger partial charge in [-0.05, 0) is 62.3 Å². The van der Waals surface area contributed by atoms with Crippen LogP contribution in [0.2, 0.25) is 0 Å². The van der Waals surface area contributed by atoms with Crippen molar-refractivity contribution in [1.82, 2.24) is 15.3 Å². The third-order valence-electron chi connectivity index (χ3n) is 5.22. The van der Waals surface area contributed by atoms with Crippen LogP contribution in [0.25, 0.3) is 0 Å². The summed E-state index contributed by atoms with van der Waals surface area (Å²) in [5.74, 6) is -0.322. The average Bonchev–Trinajstić information content (AvgIpc) is 2.57. The van der Waals surface area contributed by atoms with Crippen molar-refractivity contribution in [2.45, 2.75) is 51.7 Å². The number of aryl methyl sites for hydroxylation is 2. The number of carbonyl (C=O) groups excluding carboxylic acids is 1. The summed E-state index contributed by atoms with van der Waals surface area (Å²) in [6, 6.07) is 5.85. The molecule has 1 fully saturated rings. The zero-order valence-corrected chi connectivity index (χ0v) is 15.5. The third kappa shape index (κ3) is 4.60. The summed E-state index contributed by atoms with van der Waals surface area (Å²) >= 11 is 0. The zero-order chi connectivity index (χ0) is 19.6. The number of aromatic amines is 1. The highest BCUT2D eigenvalue weighted by molar-refractivity contribution is 5.76. The fourth-order valence-corrected chi connectivity index (χ4v) is 3.65. The average molecular weight is 373 g/mol. The van der Waals surface area contributed by atoms with Crippen LogP contribution in [0, 0.1) is 25.6 Å². The molecule has 0 bridgehead atoms. The Balaban J connectivity index is 1.68. The van der Waals surface area contributed by atoms with Crippen LogP contribution in [-0.2, 0) is 11.2 Å². The molecule has 1 heterocycles. The molecule has 1 aromatic carbocycles. The summed E-state index contributed by atoms with van der Waals surface area (Å²) in [4.78, 5) is 30.5. The maximum Gasteiger partial charge on any atom is 0.345 e. The first kappa shape index (κ1) is 19.2. The molecule has 27 heavy (non-hydrogen) atoms. The van der Waals surface area contributed by atoms with Crippen molar-refractivity contribution in [2.24, 2.45) is 5.92 Å². The largest absolute Gasteiger partial charge is 0.393 e. The van der Waals surface area contributed by atoms with E-state index in [0.717, 1.165) is 16.8 Å². The SMILES string of the molecule is Cc1nc(=O)[nH]c(C)c1CCC(=O)N[C@@H](c1ccc(F)cc1)C1CC(O)C1. The Labute approximate surface area is 156 Å². The van der Waals surface area contributed by atoms with E-state index in [4.69, 9.17) is 0 Å². The van der Waals surface area contributed by atoms with Gasteiger partial charge < -0.3 is 15.4 Å². The van der Waals surface area contributed by atoms with Crippen LogP contribution in [0.1, 0.15) is 47.8 Å². The molecule has 2 aromatic rings. The molecule has 0 aliphatic heterocycles. The Hall–Kier alpha value is -2.54. The number of aliphatic hydroxyl groups excluding tert-OH is 1. The van der Waals surface area contributed by atoms with Gasteiger partial charge in [-0.3, -0.25) is 4.79 Å². The summed E-state index contributed by atoms with van der Waals surface area (Å²) in [7, 11) is 0. The number of halogens is 1. The van der Waals surface area contributed by atoms with E-state index in [9.17, 15) is 19.1 Å². The number of rotatable bonds is 6. The van der Waals surface area contributed by atoms with Gasteiger partial charge in [-0.15, -0.1) is 0 Å². The van der Waals surface area contributed by atoms with Gasteiger partial charge in [0, 0.05) is 17.8 Å². The van der Waals surface area contributed by atoms with Crippen molar-refractivity contribution >= 4 is 5.91 Å². The highest BCUT2D eigenvalue weighted by Gasteiger charge is 2.35. The first-order valence-corrected chi connectivity index (χ1v) is 9.12. The summed E-state index contributed by atoms with van der Waals surface area (Å²) in [6.45, 7) is 3.55. The molecular weight excluding hydrogens is 349 g/mol. The van der Waals surface area contributed by atoms with E-state index in [0.29, 0.717) is 25.0 Å². The van der Waals surface area contributed by atoms with Gasteiger partial charge in [-0.2, -0.15) is 4.98 Å². The molecule has 0 spiro atoms. The highest BCUT2D eigenvalue weighted by Crippen LogP contribution is 2.38. The topological polar surface area (TPSA) is 95.1 Å². The number of hydrogen-bond acceptors (Lipinski definition) is 4. The number of carbonyl (C=O) groups is 1. The molecule has 3 N–H and O–H groups in total. The van der Waals surface area contributed by atoms with Crippen molar-refractivity contribution in [3.8, 4) is 0 Å². The molecule has 1 aliphatic carbocycles. The van der Waals surface area contributed by atoms with Gasteiger partial charge in [0.15, 0.2) is 0 Å². The number of nitrogens with one attached hydrogen (secondary N) is 2. The van der Waals surface area contributed by atoms with Gasteiger partial charge in [0.25, 0.3) is 0 Å². The monoisotopic (exact) mass is 373 g/mol. The van der Waals surface area contributed by atoms with Crippen molar-refractivity contribution in [3.63, 3.8) is 0 Å². The van der Waals surface area contributed by atoms with Crippen LogP contribution in [-0.4, -0.2) is 27.1 Å². The molecule has 144 valence electrons. The molecule has 1 amide bonds. The Morgan fingerprint density at radius 2 is 2.00 bits per heavy atom. The van der Waals surface area contributed by atoms with Crippen LogP contribution in [0.15, 0.2) is 29.1 Å². The highest BCUT2D eigenvalue weighted by atomic mass is 19.1. The number of hydrogen-bond donors (Lipinski definition) is 3. The Bertz CT molecular complexity index is 847. The molecule has 1 atom stereocenters. The third-order valence-corrected chi connectivity index (χ3v) is 5.22. The zero-order valence-electron chi connectivity index (χ0n) is 15.5. The van der Waals surface area contributed by atoms with E-state index < -0.39 is 5.69 Å². The fraction of sp³-hybridized carbons (Fsp3) is 0.450. The molecule has 0 saturated heterocycles. The van der Waals surface area contributed by atoms with Crippen LogP contribution < -0.4 is 11.0 Å². The number of aromatic nitrogens is 2. The molecular formula is C20H24FN3O3. The van der Waals surface area contributed by atoms with Gasteiger partial charge in [0.2, 0.25) is 5.91 Å². The number of amides is 1.